The van der Waals surface area contributed by atoms with E-state index in [1.54, 1.807) is 6.20 Å². The number of hydrogen-bond acceptors (Lipinski definition) is 3. The standard InChI is InChI=1S/C18H21N5O/c1-13-11-14(2)23(20-13)15-5-3-9-22(12-15)18(24)16-6-4-8-21-10-7-19-17(16)21/h4,6-8,10-11,15H,3,5,9,12H2,1-2H3/t15-/m1/s1. The molecule has 24 heavy (non-hydrogen) atoms. The minimum atomic E-state index is 0.0537. The van der Waals surface area contributed by atoms with Gasteiger partial charge in [-0.2, -0.15) is 5.10 Å². The monoisotopic (exact) mass is 323 g/mol. The highest BCUT2D eigenvalue weighted by molar-refractivity contribution is 5.99. The summed E-state index contributed by atoms with van der Waals surface area (Å²) in [5, 5.41) is 4.60. The van der Waals surface area contributed by atoms with E-state index in [0.717, 1.165) is 36.4 Å². The van der Waals surface area contributed by atoms with Crippen LogP contribution in [0.25, 0.3) is 5.65 Å². The summed E-state index contributed by atoms with van der Waals surface area (Å²) in [6, 6.07) is 6.09. The van der Waals surface area contributed by atoms with Crippen LogP contribution in [0.1, 0.15) is 40.6 Å². The number of aromatic nitrogens is 4. The maximum absolute atomic E-state index is 13.0. The number of carbonyl (C=O) groups is 1. The van der Waals surface area contributed by atoms with E-state index in [1.165, 1.54) is 0 Å². The minimum absolute atomic E-state index is 0.0537. The van der Waals surface area contributed by atoms with Crippen LogP contribution in [0.4, 0.5) is 0 Å². The number of pyridine rings is 1. The third-order valence-corrected chi connectivity index (χ3v) is 4.72. The Bertz CT molecular complexity index is 894. The molecule has 0 unspecified atom stereocenters. The van der Waals surface area contributed by atoms with Crippen LogP contribution in [-0.4, -0.2) is 43.1 Å². The summed E-state index contributed by atoms with van der Waals surface area (Å²) in [5.74, 6) is 0.0537. The number of piperidine rings is 1. The Morgan fingerprint density at radius 1 is 1.29 bits per heavy atom. The van der Waals surface area contributed by atoms with E-state index in [2.05, 4.69) is 27.8 Å². The van der Waals surface area contributed by atoms with Crippen LogP contribution in [0.2, 0.25) is 0 Å². The molecule has 0 spiro atoms. The van der Waals surface area contributed by atoms with Gasteiger partial charge in [-0.25, -0.2) is 4.98 Å². The highest BCUT2D eigenvalue weighted by Gasteiger charge is 2.28. The lowest BCUT2D eigenvalue weighted by Crippen LogP contribution is -2.41. The van der Waals surface area contributed by atoms with Gasteiger partial charge in [0.1, 0.15) is 5.65 Å². The summed E-state index contributed by atoms with van der Waals surface area (Å²) in [4.78, 5) is 19.3. The van der Waals surface area contributed by atoms with Gasteiger partial charge in [0, 0.05) is 37.4 Å². The highest BCUT2D eigenvalue weighted by Crippen LogP contribution is 2.24. The number of fused-ring (bicyclic) bond motifs is 1. The van der Waals surface area contributed by atoms with Gasteiger partial charge in [-0.05, 0) is 44.9 Å². The lowest BCUT2D eigenvalue weighted by molar-refractivity contribution is 0.0673. The zero-order valence-corrected chi connectivity index (χ0v) is 14.0. The summed E-state index contributed by atoms with van der Waals surface area (Å²) < 4.78 is 3.96. The number of rotatable bonds is 2. The normalized spacial score (nSPS) is 18.2. The third-order valence-electron chi connectivity index (χ3n) is 4.72. The molecule has 1 atom stereocenters. The zero-order chi connectivity index (χ0) is 16.7. The van der Waals surface area contributed by atoms with Crippen LogP contribution < -0.4 is 0 Å². The van der Waals surface area contributed by atoms with Gasteiger partial charge in [-0.3, -0.25) is 9.48 Å². The average molecular weight is 323 g/mol. The second kappa shape index (κ2) is 5.78. The molecule has 0 aliphatic carbocycles. The van der Waals surface area contributed by atoms with Crippen LogP contribution in [-0.2, 0) is 0 Å². The van der Waals surface area contributed by atoms with Crippen molar-refractivity contribution in [1.29, 1.82) is 0 Å². The van der Waals surface area contributed by atoms with Crippen LogP contribution in [0.5, 0.6) is 0 Å². The molecule has 0 aromatic carbocycles. The van der Waals surface area contributed by atoms with Gasteiger partial charge in [-0.15, -0.1) is 0 Å². The number of carbonyl (C=O) groups excluding carboxylic acids is 1. The molecule has 1 saturated heterocycles. The van der Waals surface area contributed by atoms with E-state index in [0.29, 0.717) is 12.1 Å². The number of aryl methyl sites for hydroxylation is 2. The first kappa shape index (κ1) is 14.9. The molecule has 124 valence electrons. The van der Waals surface area contributed by atoms with Crippen LogP contribution in [0, 0.1) is 13.8 Å². The maximum atomic E-state index is 13.0. The SMILES string of the molecule is Cc1cc(C)n([C@@H]2CCCN(C(=O)c3cccn4ccnc34)C2)n1. The predicted octanol–water partition coefficient (Wildman–Crippen LogP) is 2.62. The van der Waals surface area contributed by atoms with Gasteiger partial charge in [0.05, 0.1) is 17.3 Å². The van der Waals surface area contributed by atoms with Crippen molar-refractivity contribution in [2.45, 2.75) is 32.7 Å². The Morgan fingerprint density at radius 3 is 2.96 bits per heavy atom. The summed E-state index contributed by atoms with van der Waals surface area (Å²) >= 11 is 0. The first-order chi connectivity index (χ1) is 11.6. The molecule has 4 rings (SSSR count). The minimum Gasteiger partial charge on any atom is -0.336 e. The van der Waals surface area contributed by atoms with Gasteiger partial charge < -0.3 is 9.30 Å². The second-order valence-corrected chi connectivity index (χ2v) is 6.50. The molecule has 0 radical (unpaired) electrons. The van der Waals surface area contributed by atoms with E-state index < -0.39 is 0 Å². The lowest BCUT2D eigenvalue weighted by atomic mass is 10.0. The van der Waals surface area contributed by atoms with E-state index in [-0.39, 0.29) is 11.9 Å². The average Bonchev–Trinajstić information content (AvgIpc) is 3.20. The number of hydrogen-bond donors (Lipinski definition) is 0. The molecule has 0 saturated carbocycles. The van der Waals surface area contributed by atoms with Crippen molar-refractivity contribution in [2.75, 3.05) is 13.1 Å². The molecule has 6 heteroatoms. The Balaban J connectivity index is 1.61. The van der Waals surface area contributed by atoms with Crippen molar-refractivity contribution in [3.8, 4) is 0 Å². The van der Waals surface area contributed by atoms with Crippen LogP contribution >= 0.6 is 0 Å². The Labute approximate surface area is 140 Å². The van der Waals surface area contributed by atoms with Gasteiger partial charge in [0.15, 0.2) is 0 Å². The molecule has 3 aromatic rings. The number of nitrogens with zero attached hydrogens (tertiary/aromatic N) is 5. The van der Waals surface area contributed by atoms with Gasteiger partial charge in [0.25, 0.3) is 5.91 Å². The molecular weight excluding hydrogens is 302 g/mol. The molecular formula is C18H21N5O. The topological polar surface area (TPSA) is 55.4 Å². The quantitative estimate of drug-likeness (QED) is 0.728. The van der Waals surface area contributed by atoms with Crippen LogP contribution in [0.15, 0.2) is 36.8 Å². The van der Waals surface area contributed by atoms with Crippen molar-refractivity contribution in [1.82, 2.24) is 24.1 Å². The maximum Gasteiger partial charge on any atom is 0.257 e. The smallest absolute Gasteiger partial charge is 0.257 e. The van der Waals surface area contributed by atoms with Crippen molar-refractivity contribution in [2.24, 2.45) is 0 Å². The Hall–Kier alpha value is -2.63. The highest BCUT2D eigenvalue weighted by atomic mass is 16.2. The first-order valence-corrected chi connectivity index (χ1v) is 8.37. The summed E-state index contributed by atoms with van der Waals surface area (Å²) in [6.07, 6.45) is 7.54. The molecule has 1 aliphatic heterocycles. The van der Waals surface area contributed by atoms with Gasteiger partial charge in [-0.1, -0.05) is 0 Å². The third kappa shape index (κ3) is 2.48. The Kier molecular flexibility index (Phi) is 3.59. The van der Waals surface area contributed by atoms with E-state index in [1.807, 2.05) is 40.8 Å². The fourth-order valence-electron chi connectivity index (χ4n) is 3.64. The van der Waals surface area contributed by atoms with E-state index in [4.69, 9.17) is 0 Å². The molecule has 3 aromatic heterocycles. The van der Waals surface area contributed by atoms with Gasteiger partial charge >= 0.3 is 0 Å². The van der Waals surface area contributed by atoms with Crippen molar-refractivity contribution in [3.63, 3.8) is 0 Å². The Morgan fingerprint density at radius 2 is 2.17 bits per heavy atom. The molecule has 1 amide bonds. The molecule has 1 fully saturated rings. The van der Waals surface area contributed by atoms with E-state index >= 15 is 0 Å². The number of amides is 1. The lowest BCUT2D eigenvalue weighted by Gasteiger charge is -2.33. The molecule has 0 bridgehead atoms. The molecule has 1 aliphatic rings. The molecule has 6 nitrogen and oxygen atoms in total. The first-order valence-electron chi connectivity index (χ1n) is 8.37. The largest absolute Gasteiger partial charge is 0.336 e. The van der Waals surface area contributed by atoms with Crippen LogP contribution in [0.3, 0.4) is 0 Å². The molecule has 0 N–H and O–H groups in total. The number of likely N-dealkylation sites (tertiary alicyclic amines) is 1. The molecule has 4 heterocycles. The zero-order valence-electron chi connectivity index (χ0n) is 14.0. The fourth-order valence-corrected chi connectivity index (χ4v) is 3.64. The van der Waals surface area contributed by atoms with Crippen molar-refractivity contribution < 1.29 is 4.79 Å². The summed E-state index contributed by atoms with van der Waals surface area (Å²) in [7, 11) is 0. The fraction of sp³-hybridized carbons (Fsp3) is 0.389. The summed E-state index contributed by atoms with van der Waals surface area (Å²) in [5.41, 5.74) is 3.56. The number of imidazole rings is 1. The second-order valence-electron chi connectivity index (χ2n) is 6.50. The van der Waals surface area contributed by atoms with Gasteiger partial charge in [0.2, 0.25) is 0 Å². The predicted molar refractivity (Wildman–Crippen MR) is 91.1 cm³/mol. The van der Waals surface area contributed by atoms with Crippen molar-refractivity contribution in [3.05, 3.63) is 53.7 Å². The van der Waals surface area contributed by atoms with Crippen molar-refractivity contribution >= 4 is 11.6 Å². The van der Waals surface area contributed by atoms with E-state index in [9.17, 15) is 4.79 Å². The summed E-state index contributed by atoms with van der Waals surface area (Å²) in [6.45, 7) is 5.57.